The maximum absolute atomic E-state index is 11.0. The first-order valence-corrected chi connectivity index (χ1v) is 6.25. The van der Waals surface area contributed by atoms with Crippen molar-refractivity contribution in [3.05, 3.63) is 63.2 Å². The van der Waals surface area contributed by atoms with Gasteiger partial charge in [0.15, 0.2) is 0 Å². The Balaban J connectivity index is 2.23. The van der Waals surface area contributed by atoms with Gasteiger partial charge >= 0.3 is 0 Å². The molecule has 0 fully saturated rings. The Bertz CT molecular complexity index is 654. The van der Waals surface area contributed by atoms with Crippen LogP contribution in [0.5, 0.6) is 5.75 Å². The Morgan fingerprint density at radius 2 is 1.95 bits per heavy atom. The molecule has 0 aromatic heterocycles. The largest absolute Gasteiger partial charge is 0.508 e. The number of phenols is 1. The third-order valence-corrected chi connectivity index (χ3v) is 3.15. The van der Waals surface area contributed by atoms with E-state index in [0.717, 1.165) is 22.8 Å². The van der Waals surface area contributed by atoms with Gasteiger partial charge in [-0.15, -0.1) is 0 Å². The van der Waals surface area contributed by atoms with E-state index in [4.69, 9.17) is 0 Å². The molecule has 5 heteroatoms. The Morgan fingerprint density at radius 3 is 2.65 bits per heavy atom. The Hall–Kier alpha value is -2.56. The molecule has 0 aliphatic heterocycles. The standard InChI is InChI=1S/C15H16N2O3/c1-10-3-4-11(2)12(7-10)9-16-14-6-5-13(18)8-15(14)17(19)20/h3-8,16,18H,9H2,1-2H3. The summed E-state index contributed by atoms with van der Waals surface area (Å²) in [5, 5.41) is 23.3. The predicted molar refractivity (Wildman–Crippen MR) is 78.0 cm³/mol. The second kappa shape index (κ2) is 5.61. The molecule has 5 nitrogen and oxygen atoms in total. The molecular formula is C15H16N2O3. The van der Waals surface area contributed by atoms with Gasteiger partial charge in [-0.3, -0.25) is 10.1 Å². The minimum Gasteiger partial charge on any atom is -0.508 e. The van der Waals surface area contributed by atoms with E-state index < -0.39 is 4.92 Å². The average molecular weight is 272 g/mol. The molecule has 0 bridgehead atoms. The van der Waals surface area contributed by atoms with Crippen molar-refractivity contribution < 1.29 is 10.0 Å². The highest BCUT2D eigenvalue weighted by atomic mass is 16.6. The molecule has 0 amide bonds. The van der Waals surface area contributed by atoms with Gasteiger partial charge in [0, 0.05) is 6.54 Å². The van der Waals surface area contributed by atoms with E-state index in [9.17, 15) is 15.2 Å². The number of aromatic hydroxyl groups is 1. The van der Waals surface area contributed by atoms with E-state index in [1.165, 1.54) is 12.1 Å². The zero-order valence-electron chi connectivity index (χ0n) is 11.4. The summed E-state index contributed by atoms with van der Waals surface area (Å²) in [5.41, 5.74) is 3.63. The van der Waals surface area contributed by atoms with E-state index >= 15 is 0 Å². The van der Waals surface area contributed by atoms with Crippen LogP contribution < -0.4 is 5.32 Å². The molecule has 0 heterocycles. The maximum Gasteiger partial charge on any atom is 0.296 e. The average Bonchev–Trinajstić information content (AvgIpc) is 2.40. The number of nitro groups is 1. The lowest BCUT2D eigenvalue weighted by molar-refractivity contribution is -0.384. The van der Waals surface area contributed by atoms with Gasteiger partial charge in [0.05, 0.1) is 11.0 Å². The molecule has 0 radical (unpaired) electrons. The van der Waals surface area contributed by atoms with E-state index in [0.29, 0.717) is 12.2 Å². The topological polar surface area (TPSA) is 75.4 Å². The van der Waals surface area contributed by atoms with Gasteiger partial charge in [-0.05, 0) is 37.1 Å². The smallest absolute Gasteiger partial charge is 0.296 e. The van der Waals surface area contributed by atoms with Crippen LogP contribution in [0.15, 0.2) is 36.4 Å². The maximum atomic E-state index is 11.0. The van der Waals surface area contributed by atoms with Crippen LogP contribution in [0.25, 0.3) is 0 Å². The number of hydrogen-bond acceptors (Lipinski definition) is 4. The highest BCUT2D eigenvalue weighted by Crippen LogP contribution is 2.29. The summed E-state index contributed by atoms with van der Waals surface area (Å²) in [6.07, 6.45) is 0. The van der Waals surface area contributed by atoms with Gasteiger partial charge < -0.3 is 10.4 Å². The number of nitro benzene ring substituents is 1. The molecule has 0 atom stereocenters. The SMILES string of the molecule is Cc1ccc(C)c(CNc2ccc(O)cc2[N+](=O)[O-])c1. The van der Waals surface area contributed by atoms with Gasteiger partial charge in [-0.1, -0.05) is 23.8 Å². The van der Waals surface area contributed by atoms with Crippen LogP contribution in [0.3, 0.4) is 0 Å². The van der Waals surface area contributed by atoms with Crippen LogP contribution in [0.2, 0.25) is 0 Å². The zero-order chi connectivity index (χ0) is 14.7. The molecular weight excluding hydrogens is 256 g/mol. The van der Waals surface area contributed by atoms with Crippen LogP contribution in [-0.2, 0) is 6.54 Å². The number of hydrogen-bond donors (Lipinski definition) is 2. The van der Waals surface area contributed by atoms with Gasteiger partial charge in [0.2, 0.25) is 0 Å². The van der Waals surface area contributed by atoms with Gasteiger partial charge in [0.1, 0.15) is 11.4 Å². The highest BCUT2D eigenvalue weighted by molar-refractivity contribution is 5.63. The van der Waals surface area contributed by atoms with Crippen molar-refractivity contribution in [2.75, 3.05) is 5.32 Å². The predicted octanol–water partition coefficient (Wildman–Crippen LogP) is 3.53. The van der Waals surface area contributed by atoms with Gasteiger partial charge in [0.25, 0.3) is 5.69 Å². The highest BCUT2D eigenvalue weighted by Gasteiger charge is 2.14. The van der Waals surface area contributed by atoms with Crippen molar-refractivity contribution >= 4 is 11.4 Å². The third-order valence-electron chi connectivity index (χ3n) is 3.15. The lowest BCUT2D eigenvalue weighted by Gasteiger charge is -2.10. The number of nitrogens with zero attached hydrogens (tertiary/aromatic N) is 1. The molecule has 20 heavy (non-hydrogen) atoms. The molecule has 0 saturated heterocycles. The molecule has 0 aliphatic carbocycles. The second-order valence-corrected chi connectivity index (χ2v) is 4.74. The first-order valence-electron chi connectivity index (χ1n) is 6.25. The lowest BCUT2D eigenvalue weighted by atomic mass is 10.1. The first kappa shape index (κ1) is 13.9. The monoisotopic (exact) mass is 272 g/mol. The van der Waals surface area contributed by atoms with E-state index in [2.05, 4.69) is 11.4 Å². The van der Waals surface area contributed by atoms with Crippen LogP contribution in [0.1, 0.15) is 16.7 Å². The van der Waals surface area contributed by atoms with Crippen molar-refractivity contribution in [2.45, 2.75) is 20.4 Å². The van der Waals surface area contributed by atoms with Crippen molar-refractivity contribution in [1.82, 2.24) is 0 Å². The van der Waals surface area contributed by atoms with Crippen molar-refractivity contribution in [3.8, 4) is 5.75 Å². The number of nitrogens with one attached hydrogen (secondary N) is 1. The van der Waals surface area contributed by atoms with Crippen molar-refractivity contribution in [1.29, 1.82) is 0 Å². The molecule has 2 rings (SSSR count). The molecule has 2 aromatic rings. The molecule has 2 aromatic carbocycles. The van der Waals surface area contributed by atoms with Gasteiger partial charge in [-0.25, -0.2) is 0 Å². The summed E-state index contributed by atoms with van der Waals surface area (Å²) < 4.78 is 0. The normalized spacial score (nSPS) is 10.3. The number of rotatable bonds is 4. The van der Waals surface area contributed by atoms with Crippen molar-refractivity contribution in [2.24, 2.45) is 0 Å². The minimum atomic E-state index is -0.509. The lowest BCUT2D eigenvalue weighted by Crippen LogP contribution is -2.04. The number of anilines is 1. The number of phenolic OH excluding ortho intramolecular Hbond substituents is 1. The third kappa shape index (κ3) is 3.06. The fourth-order valence-electron chi connectivity index (χ4n) is 2.00. The van der Waals surface area contributed by atoms with Crippen LogP contribution in [0.4, 0.5) is 11.4 Å². The molecule has 2 N–H and O–H groups in total. The fraction of sp³-hybridized carbons (Fsp3) is 0.200. The number of benzene rings is 2. The summed E-state index contributed by atoms with van der Waals surface area (Å²) in [5.74, 6) is -0.117. The van der Waals surface area contributed by atoms with Gasteiger partial charge in [-0.2, -0.15) is 0 Å². The zero-order valence-corrected chi connectivity index (χ0v) is 11.4. The van der Waals surface area contributed by atoms with E-state index in [-0.39, 0.29) is 11.4 Å². The number of aryl methyl sites for hydroxylation is 2. The quantitative estimate of drug-likeness (QED) is 0.507. The first-order chi connectivity index (χ1) is 9.47. The summed E-state index contributed by atoms with van der Waals surface area (Å²) in [4.78, 5) is 10.5. The van der Waals surface area contributed by atoms with E-state index in [1.54, 1.807) is 0 Å². The molecule has 104 valence electrons. The second-order valence-electron chi connectivity index (χ2n) is 4.74. The Morgan fingerprint density at radius 1 is 1.20 bits per heavy atom. The minimum absolute atomic E-state index is 0.117. The Kier molecular flexibility index (Phi) is 3.89. The fourth-order valence-corrected chi connectivity index (χ4v) is 2.00. The van der Waals surface area contributed by atoms with Crippen molar-refractivity contribution in [3.63, 3.8) is 0 Å². The van der Waals surface area contributed by atoms with E-state index in [1.807, 2.05) is 26.0 Å². The van der Waals surface area contributed by atoms with Crippen LogP contribution in [-0.4, -0.2) is 10.0 Å². The Labute approximate surface area is 117 Å². The van der Waals surface area contributed by atoms with Crippen LogP contribution >= 0.6 is 0 Å². The molecule has 0 aliphatic rings. The summed E-state index contributed by atoms with van der Waals surface area (Å²) in [7, 11) is 0. The summed E-state index contributed by atoms with van der Waals surface area (Å²) >= 11 is 0. The molecule has 0 unspecified atom stereocenters. The molecule has 0 saturated carbocycles. The molecule has 0 spiro atoms. The summed E-state index contributed by atoms with van der Waals surface area (Å²) in [6.45, 7) is 4.51. The summed E-state index contributed by atoms with van der Waals surface area (Å²) in [6, 6.07) is 10.2. The van der Waals surface area contributed by atoms with Crippen LogP contribution in [0, 0.1) is 24.0 Å².